The minimum absolute atomic E-state index is 0.0677. The van der Waals surface area contributed by atoms with Crippen molar-refractivity contribution in [3.63, 3.8) is 0 Å². The standard InChI is InChI=1S/C24H42O4/c1-3-5-6-7-8-9-10-11-12-13-14-15-16-17-18-20-24(26)28-22-19-21-23(25)27-4-2/h4,19,22H,2-3,5-18,20-21H2,1H3. The van der Waals surface area contributed by atoms with Gasteiger partial charge in [0.15, 0.2) is 0 Å². The summed E-state index contributed by atoms with van der Waals surface area (Å²) in [5, 5.41) is 0. The quantitative estimate of drug-likeness (QED) is 0.123. The van der Waals surface area contributed by atoms with E-state index in [0.29, 0.717) is 6.42 Å². The summed E-state index contributed by atoms with van der Waals surface area (Å²) < 4.78 is 9.48. The second-order valence-corrected chi connectivity index (χ2v) is 7.42. The normalized spacial score (nSPS) is 10.9. The maximum absolute atomic E-state index is 11.5. The van der Waals surface area contributed by atoms with Gasteiger partial charge in [0.2, 0.25) is 0 Å². The van der Waals surface area contributed by atoms with Crippen molar-refractivity contribution < 1.29 is 19.1 Å². The Bertz CT molecular complexity index is 415. The van der Waals surface area contributed by atoms with Gasteiger partial charge in [-0.15, -0.1) is 0 Å². The molecule has 0 aromatic rings. The summed E-state index contributed by atoms with van der Waals surface area (Å²) in [7, 11) is 0. The minimum Gasteiger partial charge on any atom is -0.435 e. The summed E-state index contributed by atoms with van der Waals surface area (Å²) in [6.45, 7) is 5.56. The lowest BCUT2D eigenvalue weighted by atomic mass is 10.0. The lowest BCUT2D eigenvalue weighted by Gasteiger charge is -2.03. The van der Waals surface area contributed by atoms with Crippen molar-refractivity contribution in [2.24, 2.45) is 0 Å². The smallest absolute Gasteiger partial charge is 0.314 e. The van der Waals surface area contributed by atoms with Crippen LogP contribution in [0.1, 0.15) is 116 Å². The van der Waals surface area contributed by atoms with Crippen molar-refractivity contribution >= 4 is 11.9 Å². The Morgan fingerprint density at radius 3 is 1.61 bits per heavy atom. The maximum atomic E-state index is 11.5. The topological polar surface area (TPSA) is 52.6 Å². The van der Waals surface area contributed by atoms with Crippen LogP contribution in [-0.4, -0.2) is 11.9 Å². The molecule has 162 valence electrons. The first-order chi connectivity index (χ1) is 13.7. The van der Waals surface area contributed by atoms with E-state index in [-0.39, 0.29) is 12.4 Å². The van der Waals surface area contributed by atoms with Crippen LogP contribution in [-0.2, 0) is 19.1 Å². The van der Waals surface area contributed by atoms with Gasteiger partial charge in [0.25, 0.3) is 0 Å². The number of rotatable bonds is 20. The molecule has 0 spiro atoms. The van der Waals surface area contributed by atoms with Crippen LogP contribution in [0, 0.1) is 0 Å². The highest BCUT2D eigenvalue weighted by Crippen LogP contribution is 2.13. The molecule has 0 radical (unpaired) electrons. The lowest BCUT2D eigenvalue weighted by Crippen LogP contribution is -2.00. The van der Waals surface area contributed by atoms with Gasteiger partial charge in [-0.2, -0.15) is 0 Å². The van der Waals surface area contributed by atoms with E-state index in [0.717, 1.165) is 19.1 Å². The zero-order valence-electron chi connectivity index (χ0n) is 18.1. The molecule has 0 amide bonds. The fourth-order valence-corrected chi connectivity index (χ4v) is 3.11. The fourth-order valence-electron chi connectivity index (χ4n) is 3.11. The van der Waals surface area contributed by atoms with Gasteiger partial charge in [0.1, 0.15) is 0 Å². The monoisotopic (exact) mass is 394 g/mol. The molecule has 0 aliphatic rings. The SMILES string of the molecule is C=COC(=O)CC=COC(=O)CCCCCCCCCCCCCCCCC. The van der Waals surface area contributed by atoms with E-state index in [9.17, 15) is 9.59 Å². The van der Waals surface area contributed by atoms with Gasteiger partial charge < -0.3 is 9.47 Å². The van der Waals surface area contributed by atoms with Gasteiger partial charge >= 0.3 is 11.9 Å². The average molecular weight is 395 g/mol. The van der Waals surface area contributed by atoms with Gasteiger partial charge in [0, 0.05) is 6.42 Å². The number of carbonyl (C=O) groups is 2. The molecule has 4 heteroatoms. The van der Waals surface area contributed by atoms with Gasteiger partial charge in [0.05, 0.1) is 18.9 Å². The zero-order chi connectivity index (χ0) is 20.7. The summed E-state index contributed by atoms with van der Waals surface area (Å²) in [6, 6.07) is 0. The highest BCUT2D eigenvalue weighted by molar-refractivity contribution is 5.72. The van der Waals surface area contributed by atoms with E-state index in [1.807, 2.05) is 0 Å². The molecule has 0 aliphatic heterocycles. The van der Waals surface area contributed by atoms with Crippen molar-refractivity contribution in [2.75, 3.05) is 0 Å². The number of hydrogen-bond acceptors (Lipinski definition) is 4. The maximum Gasteiger partial charge on any atom is 0.314 e. The highest BCUT2D eigenvalue weighted by atomic mass is 16.5. The van der Waals surface area contributed by atoms with Crippen molar-refractivity contribution in [3.05, 3.63) is 25.2 Å². The molecule has 4 nitrogen and oxygen atoms in total. The van der Waals surface area contributed by atoms with E-state index < -0.39 is 5.97 Å². The van der Waals surface area contributed by atoms with E-state index in [4.69, 9.17) is 4.74 Å². The van der Waals surface area contributed by atoms with Crippen molar-refractivity contribution in [1.29, 1.82) is 0 Å². The summed E-state index contributed by atoms with van der Waals surface area (Å²) in [5.41, 5.74) is 0. The van der Waals surface area contributed by atoms with Crippen molar-refractivity contribution in [2.45, 2.75) is 116 Å². The molecule has 0 rings (SSSR count). The van der Waals surface area contributed by atoms with E-state index in [2.05, 4.69) is 18.2 Å². The zero-order valence-corrected chi connectivity index (χ0v) is 18.1. The van der Waals surface area contributed by atoms with Gasteiger partial charge in [-0.3, -0.25) is 9.59 Å². The third-order valence-corrected chi connectivity index (χ3v) is 4.78. The highest BCUT2D eigenvalue weighted by Gasteiger charge is 2.01. The number of hydrogen-bond donors (Lipinski definition) is 0. The Balaban J connectivity index is 3.26. The number of esters is 2. The van der Waals surface area contributed by atoms with E-state index >= 15 is 0 Å². The lowest BCUT2D eigenvalue weighted by molar-refractivity contribution is -0.139. The molecule has 28 heavy (non-hydrogen) atoms. The molecule has 0 bridgehead atoms. The molecular formula is C24H42O4. The predicted octanol–water partition coefficient (Wildman–Crippen LogP) is 7.38. The number of ether oxygens (including phenoxy) is 2. The molecular weight excluding hydrogens is 352 g/mol. The van der Waals surface area contributed by atoms with Crippen LogP contribution >= 0.6 is 0 Å². The summed E-state index contributed by atoms with van der Waals surface area (Å²) in [4.78, 5) is 22.6. The molecule has 0 N–H and O–H groups in total. The van der Waals surface area contributed by atoms with Crippen LogP contribution < -0.4 is 0 Å². The fraction of sp³-hybridized carbons (Fsp3) is 0.750. The average Bonchev–Trinajstić information content (AvgIpc) is 2.68. The van der Waals surface area contributed by atoms with Crippen LogP contribution in [0.3, 0.4) is 0 Å². The second-order valence-electron chi connectivity index (χ2n) is 7.42. The second kappa shape index (κ2) is 21.7. The Labute approximate surface area is 172 Å². The van der Waals surface area contributed by atoms with Crippen molar-refractivity contribution in [1.82, 2.24) is 0 Å². The Morgan fingerprint density at radius 1 is 0.679 bits per heavy atom. The van der Waals surface area contributed by atoms with Crippen LogP contribution in [0.25, 0.3) is 0 Å². The van der Waals surface area contributed by atoms with E-state index in [1.165, 1.54) is 95.8 Å². The van der Waals surface area contributed by atoms with Crippen LogP contribution in [0.15, 0.2) is 25.2 Å². The molecule has 0 aromatic heterocycles. The summed E-state index contributed by atoms with van der Waals surface area (Å²) in [5.74, 6) is -0.673. The molecule has 0 saturated heterocycles. The van der Waals surface area contributed by atoms with Gasteiger partial charge in [-0.1, -0.05) is 103 Å². The summed E-state index contributed by atoms with van der Waals surface area (Å²) >= 11 is 0. The Morgan fingerprint density at radius 2 is 1.14 bits per heavy atom. The first-order valence-electron chi connectivity index (χ1n) is 11.4. The molecule has 0 atom stereocenters. The third-order valence-electron chi connectivity index (χ3n) is 4.78. The van der Waals surface area contributed by atoms with Crippen LogP contribution in [0.4, 0.5) is 0 Å². The van der Waals surface area contributed by atoms with Gasteiger partial charge in [-0.05, 0) is 12.5 Å². The molecule has 0 aliphatic carbocycles. The van der Waals surface area contributed by atoms with E-state index in [1.54, 1.807) is 0 Å². The van der Waals surface area contributed by atoms with Crippen molar-refractivity contribution in [3.8, 4) is 0 Å². The Hall–Kier alpha value is -1.58. The number of carbonyl (C=O) groups excluding carboxylic acids is 2. The molecule has 0 fully saturated rings. The minimum atomic E-state index is -0.426. The molecule has 0 aromatic carbocycles. The first-order valence-corrected chi connectivity index (χ1v) is 11.4. The number of unbranched alkanes of at least 4 members (excludes halogenated alkanes) is 14. The molecule has 0 unspecified atom stereocenters. The Kier molecular flexibility index (Phi) is 20.5. The largest absolute Gasteiger partial charge is 0.435 e. The molecule has 0 heterocycles. The molecule has 0 saturated carbocycles. The predicted molar refractivity (Wildman–Crippen MR) is 116 cm³/mol. The van der Waals surface area contributed by atoms with Crippen LogP contribution in [0.5, 0.6) is 0 Å². The first kappa shape index (κ1) is 26.4. The third kappa shape index (κ3) is 20.7. The van der Waals surface area contributed by atoms with Gasteiger partial charge in [-0.25, -0.2) is 0 Å². The van der Waals surface area contributed by atoms with Crippen LogP contribution in [0.2, 0.25) is 0 Å². The summed E-state index contributed by atoms with van der Waals surface area (Å²) in [6.07, 6.45) is 23.9.